The van der Waals surface area contributed by atoms with Crippen LogP contribution >= 0.6 is 0 Å². The van der Waals surface area contributed by atoms with Crippen LogP contribution in [0.4, 0.5) is 0 Å². The first-order valence-corrected chi connectivity index (χ1v) is 10.6. The standard InChI is InChI=1S/C19H27NO4S/c1-20(2)25(22,23)18-9-5-8-16(13-18)19(21)24-17-11-10-14-6-3-4-7-15(14)12-17/h5,8-9,13-15,17H,3-4,6-7,10-12H2,1-2H3/t14-,15+,17-/m0/s1. The fourth-order valence-electron chi connectivity index (χ4n) is 4.15. The van der Waals surface area contributed by atoms with Gasteiger partial charge in [0.2, 0.25) is 10.0 Å². The number of fused-ring (bicyclic) bond motifs is 1. The molecule has 1 aromatic rings. The van der Waals surface area contributed by atoms with Gasteiger partial charge in [0.15, 0.2) is 0 Å². The first-order valence-electron chi connectivity index (χ1n) is 9.11. The molecule has 3 rings (SSSR count). The highest BCUT2D eigenvalue weighted by Gasteiger charge is 2.34. The molecule has 1 aromatic carbocycles. The summed E-state index contributed by atoms with van der Waals surface area (Å²) in [5, 5.41) is 0. The zero-order chi connectivity index (χ0) is 18.0. The summed E-state index contributed by atoms with van der Waals surface area (Å²) in [6, 6.07) is 6.11. The second-order valence-electron chi connectivity index (χ2n) is 7.46. The molecular weight excluding hydrogens is 338 g/mol. The van der Waals surface area contributed by atoms with Crippen molar-refractivity contribution in [2.75, 3.05) is 14.1 Å². The quantitative estimate of drug-likeness (QED) is 0.767. The van der Waals surface area contributed by atoms with E-state index in [1.165, 1.54) is 51.9 Å². The average molecular weight is 365 g/mol. The summed E-state index contributed by atoms with van der Waals surface area (Å²) in [7, 11) is -0.606. The molecule has 0 N–H and O–H groups in total. The molecule has 0 aromatic heterocycles. The lowest BCUT2D eigenvalue weighted by Gasteiger charge is -2.38. The van der Waals surface area contributed by atoms with Crippen molar-refractivity contribution < 1.29 is 17.9 Å². The van der Waals surface area contributed by atoms with E-state index in [0.29, 0.717) is 11.5 Å². The van der Waals surface area contributed by atoms with Crippen LogP contribution in [0.25, 0.3) is 0 Å². The molecule has 2 fully saturated rings. The van der Waals surface area contributed by atoms with Crippen molar-refractivity contribution in [3.05, 3.63) is 29.8 Å². The van der Waals surface area contributed by atoms with Crippen LogP contribution in [0.2, 0.25) is 0 Å². The van der Waals surface area contributed by atoms with E-state index in [9.17, 15) is 13.2 Å². The maximum absolute atomic E-state index is 12.5. The maximum Gasteiger partial charge on any atom is 0.338 e. The number of carbonyl (C=O) groups excluding carboxylic acids is 1. The van der Waals surface area contributed by atoms with Crippen LogP contribution in [0.15, 0.2) is 29.2 Å². The predicted molar refractivity (Wildman–Crippen MR) is 95.8 cm³/mol. The highest BCUT2D eigenvalue weighted by molar-refractivity contribution is 7.89. The number of hydrogen-bond donors (Lipinski definition) is 0. The molecule has 2 aliphatic carbocycles. The van der Waals surface area contributed by atoms with Crippen molar-refractivity contribution in [2.45, 2.75) is 55.9 Å². The summed E-state index contributed by atoms with van der Waals surface area (Å²) < 4.78 is 31.3. The fraction of sp³-hybridized carbons (Fsp3) is 0.632. The largest absolute Gasteiger partial charge is 0.459 e. The summed E-state index contributed by atoms with van der Waals surface area (Å²) in [6.45, 7) is 0. The molecule has 2 aliphatic rings. The Hall–Kier alpha value is -1.40. The lowest BCUT2D eigenvalue weighted by atomic mass is 9.70. The predicted octanol–water partition coefficient (Wildman–Crippen LogP) is 3.45. The Bertz CT molecular complexity index is 729. The van der Waals surface area contributed by atoms with Crippen molar-refractivity contribution in [2.24, 2.45) is 11.8 Å². The lowest BCUT2D eigenvalue weighted by molar-refractivity contribution is -0.000947. The number of carbonyl (C=O) groups is 1. The zero-order valence-corrected chi connectivity index (χ0v) is 15.8. The van der Waals surface area contributed by atoms with Gasteiger partial charge in [0.25, 0.3) is 0 Å². The van der Waals surface area contributed by atoms with Gasteiger partial charge in [0.1, 0.15) is 6.10 Å². The number of rotatable bonds is 4. The normalized spacial score (nSPS) is 26.9. The molecular formula is C19H27NO4S. The van der Waals surface area contributed by atoms with Gasteiger partial charge in [-0.2, -0.15) is 0 Å². The summed E-state index contributed by atoms with van der Waals surface area (Å²) in [5.41, 5.74) is 0.300. The third-order valence-electron chi connectivity index (χ3n) is 5.61. The van der Waals surface area contributed by atoms with Crippen LogP contribution in [0.5, 0.6) is 0 Å². The number of hydrogen-bond acceptors (Lipinski definition) is 4. The molecule has 0 spiro atoms. The van der Waals surface area contributed by atoms with E-state index in [1.54, 1.807) is 12.1 Å². The minimum atomic E-state index is -3.56. The zero-order valence-electron chi connectivity index (χ0n) is 15.0. The Morgan fingerprint density at radius 2 is 1.80 bits per heavy atom. The number of nitrogens with zero attached hydrogens (tertiary/aromatic N) is 1. The van der Waals surface area contributed by atoms with Gasteiger partial charge in [-0.25, -0.2) is 17.5 Å². The summed E-state index contributed by atoms with van der Waals surface area (Å²) in [5.74, 6) is 1.06. The van der Waals surface area contributed by atoms with Gasteiger partial charge in [-0.1, -0.05) is 31.7 Å². The summed E-state index contributed by atoms with van der Waals surface area (Å²) >= 11 is 0. The second-order valence-corrected chi connectivity index (χ2v) is 9.61. The van der Waals surface area contributed by atoms with E-state index in [4.69, 9.17) is 4.74 Å². The molecule has 2 saturated carbocycles. The van der Waals surface area contributed by atoms with Gasteiger partial charge in [-0.3, -0.25) is 0 Å². The molecule has 138 valence electrons. The van der Waals surface area contributed by atoms with Gasteiger partial charge in [-0.15, -0.1) is 0 Å². The van der Waals surface area contributed by atoms with Gasteiger partial charge in [-0.05, 0) is 49.3 Å². The fourth-order valence-corrected chi connectivity index (χ4v) is 5.10. The molecule has 0 saturated heterocycles. The highest BCUT2D eigenvalue weighted by Crippen LogP contribution is 2.41. The number of benzene rings is 1. The molecule has 0 amide bonds. The van der Waals surface area contributed by atoms with Crippen LogP contribution in [0.1, 0.15) is 55.3 Å². The van der Waals surface area contributed by atoms with E-state index in [-0.39, 0.29) is 11.0 Å². The first-order chi connectivity index (χ1) is 11.9. The van der Waals surface area contributed by atoms with Crippen LogP contribution in [0.3, 0.4) is 0 Å². The molecule has 0 unspecified atom stereocenters. The van der Waals surface area contributed by atoms with Crippen LogP contribution < -0.4 is 0 Å². The summed E-state index contributed by atoms with van der Waals surface area (Å²) in [4.78, 5) is 12.6. The molecule has 5 nitrogen and oxygen atoms in total. The van der Waals surface area contributed by atoms with E-state index in [0.717, 1.165) is 29.5 Å². The highest BCUT2D eigenvalue weighted by atomic mass is 32.2. The van der Waals surface area contributed by atoms with Gasteiger partial charge in [0, 0.05) is 14.1 Å². The second kappa shape index (κ2) is 7.46. The SMILES string of the molecule is CN(C)S(=O)(=O)c1cccc(C(=O)O[C@H]2CC[C@@H]3CCCC[C@@H]3C2)c1. The summed E-state index contributed by atoms with van der Waals surface area (Å²) in [6.07, 6.45) is 8.14. The Labute approximate surface area is 150 Å². The van der Waals surface area contributed by atoms with Gasteiger partial charge >= 0.3 is 5.97 Å². The Morgan fingerprint density at radius 3 is 2.52 bits per heavy atom. The Morgan fingerprint density at radius 1 is 1.08 bits per heavy atom. The van der Waals surface area contributed by atoms with Crippen LogP contribution in [-0.2, 0) is 14.8 Å². The smallest absolute Gasteiger partial charge is 0.338 e. The van der Waals surface area contributed by atoms with Crippen LogP contribution in [-0.4, -0.2) is 38.9 Å². The Kier molecular flexibility index (Phi) is 5.49. The number of esters is 1. The molecule has 0 radical (unpaired) electrons. The third-order valence-corrected chi connectivity index (χ3v) is 7.42. The minimum Gasteiger partial charge on any atom is -0.459 e. The Balaban J connectivity index is 1.68. The van der Waals surface area contributed by atoms with E-state index < -0.39 is 16.0 Å². The van der Waals surface area contributed by atoms with E-state index in [2.05, 4.69) is 0 Å². The van der Waals surface area contributed by atoms with Gasteiger partial charge in [0.05, 0.1) is 10.5 Å². The van der Waals surface area contributed by atoms with Crippen molar-refractivity contribution in [3.63, 3.8) is 0 Å². The number of ether oxygens (including phenoxy) is 1. The maximum atomic E-state index is 12.5. The van der Waals surface area contributed by atoms with Crippen molar-refractivity contribution in [3.8, 4) is 0 Å². The van der Waals surface area contributed by atoms with Crippen molar-refractivity contribution >= 4 is 16.0 Å². The molecule has 3 atom stereocenters. The van der Waals surface area contributed by atoms with Gasteiger partial charge < -0.3 is 4.74 Å². The molecule has 0 heterocycles. The molecule has 0 aliphatic heterocycles. The third kappa shape index (κ3) is 4.06. The van der Waals surface area contributed by atoms with Crippen LogP contribution in [0, 0.1) is 11.8 Å². The lowest BCUT2D eigenvalue weighted by Crippen LogP contribution is -2.33. The average Bonchev–Trinajstić information content (AvgIpc) is 2.61. The first kappa shape index (κ1) is 18.4. The molecule has 25 heavy (non-hydrogen) atoms. The topological polar surface area (TPSA) is 63.7 Å². The monoisotopic (exact) mass is 365 g/mol. The molecule has 6 heteroatoms. The molecule has 0 bridgehead atoms. The van der Waals surface area contributed by atoms with Crippen molar-refractivity contribution in [1.29, 1.82) is 0 Å². The van der Waals surface area contributed by atoms with Crippen molar-refractivity contribution in [1.82, 2.24) is 4.31 Å². The number of sulfonamides is 1. The van der Waals surface area contributed by atoms with E-state index in [1.807, 2.05) is 0 Å². The van der Waals surface area contributed by atoms with E-state index >= 15 is 0 Å². The minimum absolute atomic E-state index is 0.0408.